The predicted octanol–water partition coefficient (Wildman–Crippen LogP) is 2.33. The van der Waals surface area contributed by atoms with Crippen LogP contribution in [0.5, 0.6) is 5.75 Å². The topological polar surface area (TPSA) is 66.8 Å². The smallest absolute Gasteiger partial charge is 0.175 e. The van der Waals surface area contributed by atoms with Crippen molar-refractivity contribution in [3.63, 3.8) is 0 Å². The zero-order valence-electron chi connectivity index (χ0n) is 14.5. The summed E-state index contributed by atoms with van der Waals surface area (Å²) in [6.07, 6.45) is 1.77. The first kappa shape index (κ1) is 17.9. The number of aliphatic hydroxyl groups is 1. The van der Waals surface area contributed by atoms with Gasteiger partial charge in [-0.2, -0.15) is 0 Å². The van der Waals surface area contributed by atoms with E-state index in [-0.39, 0.29) is 6.10 Å². The van der Waals surface area contributed by atoms with Crippen LogP contribution in [0.2, 0.25) is 0 Å². The van der Waals surface area contributed by atoms with Gasteiger partial charge in [0, 0.05) is 31.5 Å². The van der Waals surface area contributed by atoms with Crippen LogP contribution in [0, 0.1) is 0 Å². The van der Waals surface area contributed by atoms with Crippen LogP contribution in [0.3, 0.4) is 0 Å². The molecule has 2 aromatic carbocycles. The van der Waals surface area contributed by atoms with Gasteiger partial charge in [-0.1, -0.05) is 18.2 Å². The van der Waals surface area contributed by atoms with Crippen LogP contribution in [0.15, 0.2) is 47.4 Å². The number of aliphatic hydroxyl groups excluding tert-OH is 1. The summed E-state index contributed by atoms with van der Waals surface area (Å²) >= 11 is 0. The fraction of sp³-hybridized carbons (Fsp3) is 0.368. The number of benzene rings is 2. The number of methoxy groups -OCH3 is 1. The number of sulfone groups is 1. The van der Waals surface area contributed by atoms with Crippen LogP contribution in [-0.4, -0.2) is 51.0 Å². The molecule has 0 amide bonds. The second-order valence-electron chi connectivity index (χ2n) is 6.51. The number of rotatable bonds is 5. The highest BCUT2D eigenvalue weighted by Crippen LogP contribution is 2.32. The molecule has 0 bridgehead atoms. The van der Waals surface area contributed by atoms with Crippen LogP contribution < -0.4 is 4.74 Å². The van der Waals surface area contributed by atoms with Crippen LogP contribution in [0.1, 0.15) is 12.0 Å². The Labute approximate surface area is 148 Å². The van der Waals surface area contributed by atoms with E-state index < -0.39 is 9.84 Å². The lowest BCUT2D eigenvalue weighted by molar-refractivity contribution is 0.175. The Morgan fingerprint density at radius 2 is 2.04 bits per heavy atom. The molecule has 1 aliphatic rings. The molecule has 25 heavy (non-hydrogen) atoms. The van der Waals surface area contributed by atoms with Crippen molar-refractivity contribution in [2.24, 2.45) is 0 Å². The van der Waals surface area contributed by atoms with Gasteiger partial charge in [0.2, 0.25) is 0 Å². The monoisotopic (exact) mass is 361 g/mol. The van der Waals surface area contributed by atoms with E-state index in [9.17, 15) is 13.5 Å². The van der Waals surface area contributed by atoms with Crippen LogP contribution >= 0.6 is 0 Å². The Hall–Kier alpha value is -1.89. The van der Waals surface area contributed by atoms with E-state index >= 15 is 0 Å². The second-order valence-corrected chi connectivity index (χ2v) is 8.53. The molecule has 1 saturated heterocycles. The molecule has 0 aromatic heterocycles. The van der Waals surface area contributed by atoms with E-state index in [1.165, 1.54) is 6.26 Å². The molecule has 0 radical (unpaired) electrons. The highest BCUT2D eigenvalue weighted by Gasteiger charge is 2.20. The largest absolute Gasteiger partial charge is 0.496 e. The molecule has 6 heteroatoms. The average molecular weight is 361 g/mol. The summed E-state index contributed by atoms with van der Waals surface area (Å²) in [7, 11) is -1.66. The molecular formula is C19H23NO4S. The molecule has 0 saturated carbocycles. The average Bonchev–Trinajstić information content (AvgIpc) is 2.99. The van der Waals surface area contributed by atoms with Crippen LogP contribution in [0.25, 0.3) is 11.1 Å². The summed E-state index contributed by atoms with van der Waals surface area (Å²) in [6.45, 7) is 2.32. The first-order chi connectivity index (χ1) is 11.9. The van der Waals surface area contributed by atoms with Crippen LogP contribution in [0.4, 0.5) is 0 Å². The summed E-state index contributed by atoms with van der Waals surface area (Å²) in [5.74, 6) is 0.704. The molecule has 0 aliphatic carbocycles. The summed E-state index contributed by atoms with van der Waals surface area (Å²) in [4.78, 5) is 2.50. The third kappa shape index (κ3) is 4.21. The SMILES string of the molecule is COc1ccc(CN2CCC(O)C2)cc1-c1cccc(S(C)(=O)=O)c1. The standard InChI is InChI=1S/C19H23NO4S/c1-24-19-7-6-14(12-20-9-8-16(21)13-20)10-18(19)15-4-3-5-17(11-15)25(2,22)23/h3-7,10-11,16,21H,8-9,12-13H2,1-2H3. The van der Waals surface area contributed by atoms with Crippen molar-refractivity contribution in [2.45, 2.75) is 24.0 Å². The number of nitrogens with zero attached hydrogens (tertiary/aromatic N) is 1. The van der Waals surface area contributed by atoms with E-state index in [0.29, 0.717) is 17.2 Å². The Kier molecular flexibility index (Phi) is 5.13. The minimum Gasteiger partial charge on any atom is -0.496 e. The summed E-state index contributed by atoms with van der Waals surface area (Å²) in [5, 5.41) is 9.68. The molecule has 1 N–H and O–H groups in total. The highest BCUT2D eigenvalue weighted by atomic mass is 32.2. The molecule has 134 valence electrons. The van der Waals surface area contributed by atoms with Crippen molar-refractivity contribution >= 4 is 9.84 Å². The molecule has 1 aliphatic heterocycles. The van der Waals surface area contributed by atoms with Gasteiger partial charge in [-0.25, -0.2) is 8.42 Å². The molecule has 1 unspecified atom stereocenters. The van der Waals surface area contributed by atoms with Gasteiger partial charge >= 0.3 is 0 Å². The number of ether oxygens (including phenoxy) is 1. The van der Waals surface area contributed by atoms with Gasteiger partial charge in [-0.3, -0.25) is 4.90 Å². The third-order valence-electron chi connectivity index (χ3n) is 4.49. The molecule has 3 rings (SSSR count). The quantitative estimate of drug-likeness (QED) is 0.885. The fourth-order valence-corrected chi connectivity index (χ4v) is 3.85. The van der Waals surface area contributed by atoms with Crippen molar-refractivity contribution in [1.29, 1.82) is 0 Å². The van der Waals surface area contributed by atoms with Crippen molar-refractivity contribution in [2.75, 3.05) is 26.5 Å². The first-order valence-electron chi connectivity index (χ1n) is 8.24. The number of hydrogen-bond acceptors (Lipinski definition) is 5. The van der Waals surface area contributed by atoms with Gasteiger partial charge in [-0.15, -0.1) is 0 Å². The molecule has 2 aromatic rings. The van der Waals surface area contributed by atoms with Gasteiger partial charge in [0.1, 0.15) is 5.75 Å². The zero-order valence-corrected chi connectivity index (χ0v) is 15.3. The summed E-state index contributed by atoms with van der Waals surface area (Å²) < 4.78 is 29.1. The lowest BCUT2D eigenvalue weighted by atomic mass is 10.0. The Bertz CT molecular complexity index is 863. The number of hydrogen-bond donors (Lipinski definition) is 1. The molecule has 1 heterocycles. The van der Waals surface area contributed by atoms with Gasteiger partial charge in [-0.05, 0) is 41.8 Å². The third-order valence-corrected chi connectivity index (χ3v) is 5.60. The van der Waals surface area contributed by atoms with E-state index in [1.54, 1.807) is 25.3 Å². The summed E-state index contributed by atoms with van der Waals surface area (Å²) in [5.41, 5.74) is 2.78. The molecule has 0 spiro atoms. The molecule has 1 atom stereocenters. The maximum absolute atomic E-state index is 11.8. The Balaban J connectivity index is 1.95. The molecule has 5 nitrogen and oxygen atoms in total. The van der Waals surface area contributed by atoms with E-state index in [0.717, 1.165) is 36.2 Å². The highest BCUT2D eigenvalue weighted by molar-refractivity contribution is 7.90. The Morgan fingerprint density at radius 3 is 2.68 bits per heavy atom. The lowest BCUT2D eigenvalue weighted by Gasteiger charge is -2.17. The number of likely N-dealkylation sites (tertiary alicyclic amines) is 1. The minimum atomic E-state index is -3.26. The van der Waals surface area contributed by atoms with E-state index in [4.69, 9.17) is 4.74 Å². The summed E-state index contributed by atoms with van der Waals surface area (Å²) in [6, 6.07) is 12.9. The van der Waals surface area contributed by atoms with Crippen molar-refractivity contribution < 1.29 is 18.3 Å². The van der Waals surface area contributed by atoms with E-state index in [1.807, 2.05) is 24.3 Å². The second kappa shape index (κ2) is 7.15. The molecular weight excluding hydrogens is 338 g/mol. The van der Waals surface area contributed by atoms with Gasteiger partial charge in [0.15, 0.2) is 9.84 Å². The lowest BCUT2D eigenvalue weighted by Crippen LogP contribution is -2.21. The molecule has 1 fully saturated rings. The van der Waals surface area contributed by atoms with Gasteiger partial charge < -0.3 is 9.84 Å². The van der Waals surface area contributed by atoms with Gasteiger partial charge in [0.05, 0.1) is 18.1 Å². The first-order valence-corrected chi connectivity index (χ1v) is 10.1. The number of β-amino-alcohol motifs (C(OH)–C–C–N with tert-alkyl or cyclic N) is 1. The Morgan fingerprint density at radius 1 is 1.24 bits per heavy atom. The van der Waals surface area contributed by atoms with Crippen molar-refractivity contribution in [1.82, 2.24) is 4.90 Å². The predicted molar refractivity (Wildman–Crippen MR) is 97.4 cm³/mol. The van der Waals surface area contributed by atoms with Gasteiger partial charge in [0.25, 0.3) is 0 Å². The maximum atomic E-state index is 11.8. The minimum absolute atomic E-state index is 0.246. The van der Waals surface area contributed by atoms with E-state index in [2.05, 4.69) is 4.90 Å². The van der Waals surface area contributed by atoms with Crippen molar-refractivity contribution in [3.8, 4) is 16.9 Å². The van der Waals surface area contributed by atoms with Crippen LogP contribution in [-0.2, 0) is 16.4 Å². The zero-order chi connectivity index (χ0) is 18.0. The van der Waals surface area contributed by atoms with Crippen molar-refractivity contribution in [3.05, 3.63) is 48.0 Å². The maximum Gasteiger partial charge on any atom is 0.175 e. The normalized spacial score (nSPS) is 18.4. The fourth-order valence-electron chi connectivity index (χ4n) is 3.19.